The van der Waals surface area contributed by atoms with E-state index in [-0.39, 0.29) is 0 Å². The molecule has 118 valence electrons. The van der Waals surface area contributed by atoms with Gasteiger partial charge in [-0.2, -0.15) is 0 Å². The van der Waals surface area contributed by atoms with Gasteiger partial charge in [0.15, 0.2) is 0 Å². The third-order valence-corrected chi connectivity index (χ3v) is 4.77. The van der Waals surface area contributed by atoms with Crippen LogP contribution in [0.4, 0.5) is 11.6 Å². The first-order chi connectivity index (χ1) is 10.2. The third kappa shape index (κ3) is 5.11. The Balaban J connectivity index is 1.80. The van der Waals surface area contributed by atoms with Gasteiger partial charge in [-0.25, -0.2) is 9.97 Å². The quantitative estimate of drug-likeness (QED) is 0.786. The second kappa shape index (κ2) is 8.54. The summed E-state index contributed by atoms with van der Waals surface area (Å²) >= 11 is 3.59. The largest absolute Gasteiger partial charge is 0.369 e. The SMILES string of the molecule is CCCNc1ncnc(NCCC2CCN(C)CC2)c1Br. The molecule has 0 amide bonds. The number of nitrogens with one attached hydrogen (secondary N) is 2. The van der Waals surface area contributed by atoms with Crippen LogP contribution in [-0.2, 0) is 0 Å². The summed E-state index contributed by atoms with van der Waals surface area (Å²) in [6.07, 6.45) is 6.52. The fourth-order valence-electron chi connectivity index (χ4n) is 2.61. The van der Waals surface area contributed by atoms with E-state index in [4.69, 9.17) is 0 Å². The number of piperidine rings is 1. The summed E-state index contributed by atoms with van der Waals surface area (Å²) in [4.78, 5) is 11.0. The van der Waals surface area contributed by atoms with E-state index in [1.165, 1.54) is 32.4 Å². The lowest BCUT2D eigenvalue weighted by Gasteiger charge is -2.28. The molecule has 0 spiro atoms. The fourth-order valence-corrected chi connectivity index (χ4v) is 3.09. The fraction of sp³-hybridized carbons (Fsp3) is 0.733. The van der Waals surface area contributed by atoms with Crippen LogP contribution in [0, 0.1) is 5.92 Å². The van der Waals surface area contributed by atoms with Gasteiger partial charge < -0.3 is 15.5 Å². The molecule has 5 nitrogen and oxygen atoms in total. The van der Waals surface area contributed by atoms with Crippen molar-refractivity contribution in [1.82, 2.24) is 14.9 Å². The molecule has 0 saturated carbocycles. The molecule has 0 unspecified atom stereocenters. The average Bonchev–Trinajstić information content (AvgIpc) is 2.50. The highest BCUT2D eigenvalue weighted by Gasteiger charge is 2.16. The van der Waals surface area contributed by atoms with Crippen LogP contribution in [0.5, 0.6) is 0 Å². The Morgan fingerprint density at radius 1 is 1.19 bits per heavy atom. The first kappa shape index (κ1) is 16.5. The molecular weight excluding hydrogens is 330 g/mol. The number of hydrogen-bond donors (Lipinski definition) is 2. The maximum atomic E-state index is 4.32. The summed E-state index contributed by atoms with van der Waals surface area (Å²) in [6, 6.07) is 0. The summed E-state index contributed by atoms with van der Waals surface area (Å²) in [5.41, 5.74) is 0. The highest BCUT2D eigenvalue weighted by Crippen LogP contribution is 2.27. The Morgan fingerprint density at radius 2 is 1.81 bits per heavy atom. The second-order valence-corrected chi connectivity index (χ2v) is 6.57. The number of hydrogen-bond acceptors (Lipinski definition) is 5. The van der Waals surface area contributed by atoms with Gasteiger partial charge >= 0.3 is 0 Å². The third-order valence-electron chi connectivity index (χ3n) is 4.02. The van der Waals surface area contributed by atoms with Crippen molar-refractivity contribution >= 4 is 27.6 Å². The van der Waals surface area contributed by atoms with Crippen molar-refractivity contribution < 1.29 is 0 Å². The monoisotopic (exact) mass is 355 g/mol. The predicted octanol–water partition coefficient (Wildman–Crippen LogP) is 3.20. The summed E-state index contributed by atoms with van der Waals surface area (Å²) in [5, 5.41) is 6.74. The zero-order chi connectivity index (χ0) is 15.1. The first-order valence-corrected chi connectivity index (χ1v) is 8.66. The van der Waals surface area contributed by atoms with Gasteiger partial charge in [-0.05, 0) is 67.7 Å². The maximum absolute atomic E-state index is 4.32. The van der Waals surface area contributed by atoms with Crippen molar-refractivity contribution in [2.45, 2.75) is 32.6 Å². The van der Waals surface area contributed by atoms with Crippen LogP contribution in [0.25, 0.3) is 0 Å². The molecule has 1 aromatic heterocycles. The second-order valence-electron chi connectivity index (χ2n) is 5.77. The zero-order valence-electron chi connectivity index (χ0n) is 13.0. The van der Waals surface area contributed by atoms with Crippen molar-refractivity contribution in [2.75, 3.05) is 43.9 Å². The van der Waals surface area contributed by atoms with E-state index in [0.29, 0.717) is 0 Å². The van der Waals surface area contributed by atoms with Crippen LogP contribution in [-0.4, -0.2) is 48.1 Å². The highest BCUT2D eigenvalue weighted by atomic mass is 79.9. The minimum absolute atomic E-state index is 0.840. The van der Waals surface area contributed by atoms with E-state index < -0.39 is 0 Å². The minimum Gasteiger partial charge on any atom is -0.369 e. The Hall–Kier alpha value is -0.880. The molecule has 1 saturated heterocycles. The van der Waals surface area contributed by atoms with Gasteiger partial charge in [0.25, 0.3) is 0 Å². The van der Waals surface area contributed by atoms with E-state index >= 15 is 0 Å². The normalized spacial score (nSPS) is 16.9. The predicted molar refractivity (Wildman–Crippen MR) is 91.8 cm³/mol. The molecule has 1 aromatic rings. The molecule has 2 rings (SSSR count). The van der Waals surface area contributed by atoms with Crippen LogP contribution in [0.3, 0.4) is 0 Å². The van der Waals surface area contributed by atoms with Crippen molar-refractivity contribution in [2.24, 2.45) is 5.92 Å². The Labute approximate surface area is 136 Å². The lowest BCUT2D eigenvalue weighted by molar-refractivity contribution is 0.215. The summed E-state index contributed by atoms with van der Waals surface area (Å²) < 4.78 is 0.932. The van der Waals surface area contributed by atoms with Gasteiger partial charge in [-0.15, -0.1) is 0 Å². The van der Waals surface area contributed by atoms with Crippen LogP contribution in [0.15, 0.2) is 10.8 Å². The van der Waals surface area contributed by atoms with E-state index in [1.54, 1.807) is 6.33 Å². The molecule has 1 aliphatic rings. The number of rotatable bonds is 7. The number of nitrogens with zero attached hydrogens (tertiary/aromatic N) is 3. The first-order valence-electron chi connectivity index (χ1n) is 7.87. The zero-order valence-corrected chi connectivity index (χ0v) is 14.6. The number of halogens is 1. The van der Waals surface area contributed by atoms with Crippen molar-refractivity contribution in [3.8, 4) is 0 Å². The lowest BCUT2D eigenvalue weighted by atomic mass is 9.94. The molecule has 0 atom stereocenters. The smallest absolute Gasteiger partial charge is 0.145 e. The molecule has 21 heavy (non-hydrogen) atoms. The molecule has 0 radical (unpaired) electrons. The maximum Gasteiger partial charge on any atom is 0.145 e. The van der Waals surface area contributed by atoms with Gasteiger partial charge in [0.2, 0.25) is 0 Å². The van der Waals surface area contributed by atoms with Gasteiger partial charge in [0.05, 0.1) is 0 Å². The number of likely N-dealkylation sites (tertiary alicyclic amines) is 1. The minimum atomic E-state index is 0.840. The highest BCUT2D eigenvalue weighted by molar-refractivity contribution is 9.10. The average molecular weight is 356 g/mol. The van der Waals surface area contributed by atoms with Gasteiger partial charge in [0, 0.05) is 13.1 Å². The van der Waals surface area contributed by atoms with Crippen LogP contribution in [0.1, 0.15) is 32.6 Å². The Morgan fingerprint density at radius 3 is 2.43 bits per heavy atom. The molecular formula is C15H26BrN5. The molecule has 1 aliphatic heterocycles. The van der Waals surface area contributed by atoms with E-state index in [2.05, 4.69) is 55.4 Å². The van der Waals surface area contributed by atoms with Crippen LogP contribution >= 0.6 is 15.9 Å². The van der Waals surface area contributed by atoms with Gasteiger partial charge in [0.1, 0.15) is 22.4 Å². The van der Waals surface area contributed by atoms with E-state index in [1.807, 2.05) is 0 Å². The molecule has 2 heterocycles. The van der Waals surface area contributed by atoms with Crippen molar-refractivity contribution in [1.29, 1.82) is 0 Å². The Bertz CT molecular complexity index is 432. The topological polar surface area (TPSA) is 53.1 Å². The van der Waals surface area contributed by atoms with Crippen molar-refractivity contribution in [3.63, 3.8) is 0 Å². The molecule has 0 aromatic carbocycles. The summed E-state index contributed by atoms with van der Waals surface area (Å²) in [6.45, 7) is 6.49. The molecule has 2 N–H and O–H groups in total. The van der Waals surface area contributed by atoms with E-state index in [9.17, 15) is 0 Å². The molecule has 6 heteroatoms. The Kier molecular flexibility index (Phi) is 6.70. The van der Waals surface area contributed by atoms with Crippen LogP contribution in [0.2, 0.25) is 0 Å². The number of aromatic nitrogens is 2. The summed E-state index contributed by atoms with van der Waals surface area (Å²) in [7, 11) is 2.21. The molecule has 1 fully saturated rings. The van der Waals surface area contributed by atoms with Crippen molar-refractivity contribution in [3.05, 3.63) is 10.8 Å². The van der Waals surface area contributed by atoms with Gasteiger partial charge in [-0.1, -0.05) is 6.92 Å². The number of anilines is 2. The van der Waals surface area contributed by atoms with E-state index in [0.717, 1.165) is 41.5 Å². The van der Waals surface area contributed by atoms with Gasteiger partial charge in [-0.3, -0.25) is 0 Å². The molecule has 0 bridgehead atoms. The van der Waals surface area contributed by atoms with Crippen LogP contribution < -0.4 is 10.6 Å². The lowest BCUT2D eigenvalue weighted by Crippen LogP contribution is -2.30. The molecule has 0 aliphatic carbocycles. The summed E-state index contributed by atoms with van der Waals surface area (Å²) in [5.74, 6) is 2.59. The standard InChI is InChI=1S/C15H26BrN5/c1-3-7-17-14-13(16)15(20-11-19-14)18-8-4-12-5-9-21(2)10-6-12/h11-12H,3-10H2,1-2H3,(H2,17,18,19,20).